The Morgan fingerprint density at radius 1 is 1.09 bits per heavy atom. The lowest BCUT2D eigenvalue weighted by Crippen LogP contribution is -2.39. The molecule has 1 atom stereocenters. The molecule has 1 saturated heterocycles. The van der Waals surface area contributed by atoms with Gasteiger partial charge in [0.05, 0.1) is 18.4 Å². The molecule has 0 saturated carbocycles. The summed E-state index contributed by atoms with van der Waals surface area (Å²) >= 11 is 0. The number of carbonyl (C=O) groups is 1. The van der Waals surface area contributed by atoms with E-state index >= 15 is 0 Å². The Balaban J connectivity index is 1.30. The molecule has 5 rings (SSSR count). The number of rotatable bonds is 6. The Hall–Kier alpha value is -4.07. The molecular formula is C26H26N6O2. The lowest BCUT2D eigenvalue weighted by atomic mass is 9.92. The van der Waals surface area contributed by atoms with Crippen molar-refractivity contribution >= 4 is 5.91 Å². The van der Waals surface area contributed by atoms with Crippen molar-refractivity contribution in [2.45, 2.75) is 25.2 Å². The molecule has 1 unspecified atom stereocenters. The fraction of sp³-hybridized carbons (Fsp3) is 0.269. The van der Waals surface area contributed by atoms with E-state index in [1.54, 1.807) is 38.1 Å². The number of aromatic nitrogens is 5. The Morgan fingerprint density at radius 3 is 2.76 bits per heavy atom. The van der Waals surface area contributed by atoms with Crippen molar-refractivity contribution in [1.82, 2.24) is 29.8 Å². The van der Waals surface area contributed by atoms with Crippen LogP contribution in [0.15, 0.2) is 67.4 Å². The van der Waals surface area contributed by atoms with Crippen LogP contribution in [0.2, 0.25) is 0 Å². The molecule has 4 heterocycles. The number of pyridine rings is 1. The Morgan fingerprint density at radius 2 is 1.97 bits per heavy atom. The van der Waals surface area contributed by atoms with E-state index in [4.69, 9.17) is 4.74 Å². The van der Waals surface area contributed by atoms with Crippen LogP contribution in [0.3, 0.4) is 0 Å². The highest BCUT2D eigenvalue weighted by Gasteiger charge is 2.29. The summed E-state index contributed by atoms with van der Waals surface area (Å²) in [4.78, 5) is 36.3. The normalized spacial score (nSPS) is 15.8. The minimum Gasteiger partial charge on any atom is -0.496 e. The fourth-order valence-corrected chi connectivity index (χ4v) is 4.49. The van der Waals surface area contributed by atoms with E-state index in [1.807, 2.05) is 41.3 Å². The van der Waals surface area contributed by atoms with Gasteiger partial charge in [-0.2, -0.15) is 0 Å². The Bertz CT molecular complexity index is 1260. The number of amides is 1. The topological polar surface area (TPSA) is 96.9 Å². The van der Waals surface area contributed by atoms with E-state index < -0.39 is 0 Å². The number of nitrogens with zero attached hydrogens (tertiary/aromatic N) is 5. The predicted octanol–water partition coefficient (Wildman–Crippen LogP) is 3.88. The highest BCUT2D eigenvalue weighted by molar-refractivity contribution is 5.94. The van der Waals surface area contributed by atoms with Crippen molar-refractivity contribution in [3.8, 4) is 17.3 Å². The number of carbonyl (C=O) groups excluding carboxylic acids is 1. The lowest BCUT2D eigenvalue weighted by molar-refractivity contribution is 0.0705. The number of para-hydroxylation sites is 1. The summed E-state index contributed by atoms with van der Waals surface area (Å²) in [5, 5.41) is 0. The molecule has 8 nitrogen and oxygen atoms in total. The second-order valence-corrected chi connectivity index (χ2v) is 8.35. The average Bonchev–Trinajstić information content (AvgIpc) is 3.44. The maximum absolute atomic E-state index is 13.3. The van der Waals surface area contributed by atoms with Gasteiger partial charge in [-0.25, -0.2) is 9.97 Å². The van der Waals surface area contributed by atoms with Crippen molar-refractivity contribution in [3.63, 3.8) is 0 Å². The number of likely N-dealkylation sites (tertiary alicyclic amines) is 1. The molecule has 0 aliphatic carbocycles. The predicted molar refractivity (Wildman–Crippen MR) is 128 cm³/mol. The standard InChI is InChI=1S/C26H26N6O2/c1-34-22-7-3-2-5-18(22)15-21-9-8-19(16-31-21)26(33)32-14-4-6-20(17-32)23-24(28-11-10-27-23)25-29-12-13-30-25/h2-3,5,7-13,16,20H,4,6,14-15,17H2,1H3,(H,29,30). The zero-order chi connectivity index (χ0) is 23.3. The maximum Gasteiger partial charge on any atom is 0.255 e. The number of benzene rings is 1. The van der Waals surface area contributed by atoms with Gasteiger partial charge in [-0.05, 0) is 31.0 Å². The van der Waals surface area contributed by atoms with Gasteiger partial charge >= 0.3 is 0 Å². The molecule has 1 amide bonds. The van der Waals surface area contributed by atoms with Crippen LogP contribution in [0.5, 0.6) is 5.75 Å². The van der Waals surface area contributed by atoms with Crippen LogP contribution in [-0.4, -0.2) is 55.9 Å². The highest BCUT2D eigenvalue weighted by atomic mass is 16.5. The number of ether oxygens (including phenoxy) is 1. The van der Waals surface area contributed by atoms with Crippen LogP contribution in [0.25, 0.3) is 11.5 Å². The largest absolute Gasteiger partial charge is 0.496 e. The van der Waals surface area contributed by atoms with E-state index in [2.05, 4.69) is 24.9 Å². The lowest BCUT2D eigenvalue weighted by Gasteiger charge is -2.33. The highest BCUT2D eigenvalue weighted by Crippen LogP contribution is 2.31. The molecule has 1 aromatic carbocycles. The molecule has 4 aromatic rings. The third-order valence-corrected chi connectivity index (χ3v) is 6.18. The molecule has 1 aliphatic rings. The monoisotopic (exact) mass is 454 g/mol. The maximum atomic E-state index is 13.3. The second-order valence-electron chi connectivity index (χ2n) is 8.35. The smallest absolute Gasteiger partial charge is 0.255 e. The van der Waals surface area contributed by atoms with Gasteiger partial charge in [0.25, 0.3) is 5.91 Å². The molecule has 1 N–H and O–H groups in total. The quantitative estimate of drug-likeness (QED) is 0.475. The number of aromatic amines is 1. The van der Waals surface area contributed by atoms with Crippen LogP contribution in [0.1, 0.15) is 46.1 Å². The summed E-state index contributed by atoms with van der Waals surface area (Å²) in [5.74, 6) is 1.62. The molecule has 172 valence electrons. The van der Waals surface area contributed by atoms with E-state index in [-0.39, 0.29) is 11.8 Å². The number of imidazole rings is 1. The first kappa shape index (κ1) is 21.8. The first-order valence-corrected chi connectivity index (χ1v) is 11.4. The summed E-state index contributed by atoms with van der Waals surface area (Å²) in [6.07, 6.45) is 11.0. The van der Waals surface area contributed by atoms with Crippen LogP contribution in [-0.2, 0) is 6.42 Å². The van der Waals surface area contributed by atoms with Gasteiger partial charge in [-0.15, -0.1) is 0 Å². The molecule has 34 heavy (non-hydrogen) atoms. The third-order valence-electron chi connectivity index (χ3n) is 6.18. The summed E-state index contributed by atoms with van der Waals surface area (Å²) in [6, 6.07) is 11.7. The molecule has 1 aliphatic heterocycles. The second kappa shape index (κ2) is 9.82. The molecule has 0 radical (unpaired) electrons. The van der Waals surface area contributed by atoms with Gasteiger partial charge in [0.2, 0.25) is 0 Å². The van der Waals surface area contributed by atoms with Crippen LogP contribution in [0.4, 0.5) is 0 Å². The number of hydrogen-bond acceptors (Lipinski definition) is 6. The van der Waals surface area contributed by atoms with Crippen molar-refractivity contribution in [1.29, 1.82) is 0 Å². The number of nitrogens with one attached hydrogen (secondary N) is 1. The van der Waals surface area contributed by atoms with E-state index in [9.17, 15) is 4.79 Å². The third kappa shape index (κ3) is 4.52. The molecule has 3 aromatic heterocycles. The van der Waals surface area contributed by atoms with Crippen LogP contribution < -0.4 is 4.74 Å². The van der Waals surface area contributed by atoms with Gasteiger partial charge in [0.15, 0.2) is 5.82 Å². The van der Waals surface area contributed by atoms with E-state index in [0.29, 0.717) is 30.9 Å². The number of methoxy groups -OCH3 is 1. The molecular weight excluding hydrogens is 428 g/mol. The zero-order valence-corrected chi connectivity index (χ0v) is 19.0. The van der Waals surface area contributed by atoms with Gasteiger partial charge in [-0.3, -0.25) is 14.8 Å². The first-order chi connectivity index (χ1) is 16.7. The van der Waals surface area contributed by atoms with Gasteiger partial charge in [0, 0.05) is 67.7 Å². The SMILES string of the molecule is COc1ccccc1Cc1ccc(C(=O)N2CCCC(c3nccnc3-c3ncc[nH]3)C2)cn1. The fourth-order valence-electron chi connectivity index (χ4n) is 4.49. The Kier molecular flexibility index (Phi) is 6.29. The average molecular weight is 455 g/mol. The van der Waals surface area contributed by atoms with Gasteiger partial charge in [0.1, 0.15) is 11.4 Å². The number of piperidine rings is 1. The summed E-state index contributed by atoms with van der Waals surface area (Å²) < 4.78 is 5.43. The molecule has 8 heteroatoms. The van der Waals surface area contributed by atoms with E-state index in [1.165, 1.54) is 0 Å². The van der Waals surface area contributed by atoms with Gasteiger partial charge < -0.3 is 14.6 Å². The van der Waals surface area contributed by atoms with Crippen molar-refractivity contribution in [2.75, 3.05) is 20.2 Å². The zero-order valence-electron chi connectivity index (χ0n) is 19.0. The number of H-pyrrole nitrogens is 1. The van der Waals surface area contributed by atoms with Crippen molar-refractivity contribution in [2.24, 2.45) is 0 Å². The number of hydrogen-bond donors (Lipinski definition) is 1. The van der Waals surface area contributed by atoms with Crippen molar-refractivity contribution < 1.29 is 9.53 Å². The first-order valence-electron chi connectivity index (χ1n) is 11.4. The molecule has 1 fully saturated rings. The summed E-state index contributed by atoms with van der Waals surface area (Å²) in [6.45, 7) is 1.31. The van der Waals surface area contributed by atoms with Gasteiger partial charge in [-0.1, -0.05) is 18.2 Å². The summed E-state index contributed by atoms with van der Waals surface area (Å²) in [5.41, 5.74) is 4.16. The molecule has 0 bridgehead atoms. The van der Waals surface area contributed by atoms with E-state index in [0.717, 1.165) is 41.2 Å². The van der Waals surface area contributed by atoms with Crippen LogP contribution >= 0.6 is 0 Å². The van der Waals surface area contributed by atoms with Crippen LogP contribution in [0, 0.1) is 0 Å². The summed E-state index contributed by atoms with van der Waals surface area (Å²) in [7, 11) is 1.67. The Labute approximate surface area is 198 Å². The molecule has 0 spiro atoms. The minimum atomic E-state index is -0.00974. The minimum absolute atomic E-state index is 0.00974. The van der Waals surface area contributed by atoms with Crippen molar-refractivity contribution in [3.05, 3.63) is 89.9 Å².